The number of rotatable bonds is 2. The Labute approximate surface area is 100 Å². The molecule has 17 heavy (non-hydrogen) atoms. The van der Waals surface area contributed by atoms with Crippen LogP contribution in [-0.2, 0) is 6.54 Å². The zero-order valence-electron chi connectivity index (χ0n) is 10.5. The molecular weight excluding hydrogens is 224 g/mol. The van der Waals surface area contributed by atoms with Gasteiger partial charge in [0.05, 0.1) is 6.54 Å². The van der Waals surface area contributed by atoms with Crippen molar-refractivity contribution >= 4 is 5.96 Å². The Hall–Kier alpha value is -1.65. The van der Waals surface area contributed by atoms with E-state index in [-0.39, 0.29) is 12.1 Å². The van der Waals surface area contributed by atoms with Gasteiger partial charge in [0.2, 0.25) is 0 Å². The van der Waals surface area contributed by atoms with Crippen LogP contribution in [0.5, 0.6) is 0 Å². The summed E-state index contributed by atoms with van der Waals surface area (Å²) in [5, 5.41) is 0. The Balaban J connectivity index is 2.90. The molecule has 0 fully saturated rings. The first-order valence-corrected chi connectivity index (χ1v) is 5.25. The van der Waals surface area contributed by atoms with Crippen molar-refractivity contribution in [1.82, 2.24) is 9.80 Å². The van der Waals surface area contributed by atoms with Gasteiger partial charge in [0.1, 0.15) is 11.6 Å². The normalized spacial score (nSPS) is 10.0. The monoisotopic (exact) mass is 241 g/mol. The van der Waals surface area contributed by atoms with Crippen molar-refractivity contribution in [2.75, 3.05) is 28.2 Å². The standard InChI is InChI=1S/C12H17F2N3/c1-16(2)12(17(3)4)15-8-9-7-10(13)5-6-11(9)14/h5-7H,8H2,1-4H3. The number of benzene rings is 1. The second kappa shape index (κ2) is 5.61. The molecule has 1 aromatic carbocycles. The van der Waals surface area contributed by atoms with E-state index in [9.17, 15) is 8.78 Å². The largest absolute Gasteiger partial charge is 0.349 e. The van der Waals surface area contributed by atoms with Crippen LogP contribution >= 0.6 is 0 Å². The predicted molar refractivity (Wildman–Crippen MR) is 64.9 cm³/mol. The molecule has 0 bridgehead atoms. The van der Waals surface area contributed by atoms with Crippen LogP contribution in [0.4, 0.5) is 8.78 Å². The molecule has 94 valence electrons. The first kappa shape index (κ1) is 13.4. The molecular formula is C12H17F2N3. The third kappa shape index (κ3) is 3.69. The molecule has 0 saturated carbocycles. The first-order valence-electron chi connectivity index (χ1n) is 5.25. The van der Waals surface area contributed by atoms with Gasteiger partial charge in [-0.3, -0.25) is 0 Å². The third-order valence-electron chi connectivity index (χ3n) is 2.20. The lowest BCUT2D eigenvalue weighted by atomic mass is 10.2. The summed E-state index contributed by atoms with van der Waals surface area (Å²) >= 11 is 0. The van der Waals surface area contributed by atoms with E-state index >= 15 is 0 Å². The minimum absolute atomic E-state index is 0.120. The lowest BCUT2D eigenvalue weighted by molar-refractivity contribution is 0.478. The molecule has 0 aliphatic carbocycles. The van der Waals surface area contributed by atoms with E-state index in [1.807, 2.05) is 38.0 Å². The van der Waals surface area contributed by atoms with E-state index in [2.05, 4.69) is 4.99 Å². The molecule has 0 saturated heterocycles. The Morgan fingerprint density at radius 1 is 1.12 bits per heavy atom. The number of halogens is 2. The molecule has 0 aromatic heterocycles. The SMILES string of the molecule is CN(C)C(=NCc1cc(F)ccc1F)N(C)C. The van der Waals surface area contributed by atoms with Gasteiger partial charge in [-0.15, -0.1) is 0 Å². The van der Waals surface area contributed by atoms with Gasteiger partial charge in [-0.05, 0) is 18.2 Å². The van der Waals surface area contributed by atoms with Crippen LogP contribution in [-0.4, -0.2) is 44.0 Å². The molecule has 0 unspecified atom stereocenters. The zero-order chi connectivity index (χ0) is 13.0. The van der Waals surface area contributed by atoms with Crippen LogP contribution < -0.4 is 0 Å². The topological polar surface area (TPSA) is 18.8 Å². The molecule has 0 spiro atoms. The highest BCUT2D eigenvalue weighted by molar-refractivity contribution is 5.79. The third-order valence-corrected chi connectivity index (χ3v) is 2.20. The number of nitrogens with zero attached hydrogens (tertiary/aromatic N) is 3. The highest BCUT2D eigenvalue weighted by Crippen LogP contribution is 2.11. The number of aliphatic imine (C=N–C) groups is 1. The van der Waals surface area contributed by atoms with Gasteiger partial charge >= 0.3 is 0 Å². The van der Waals surface area contributed by atoms with Crippen molar-refractivity contribution in [2.45, 2.75) is 6.54 Å². The summed E-state index contributed by atoms with van der Waals surface area (Å²) in [4.78, 5) is 7.89. The molecule has 1 aromatic rings. The van der Waals surface area contributed by atoms with Crippen molar-refractivity contribution in [3.05, 3.63) is 35.4 Å². The summed E-state index contributed by atoms with van der Waals surface area (Å²) in [6.45, 7) is 0.120. The molecule has 0 radical (unpaired) electrons. The predicted octanol–water partition coefficient (Wildman–Crippen LogP) is 1.94. The fourth-order valence-electron chi connectivity index (χ4n) is 1.50. The van der Waals surface area contributed by atoms with Crippen molar-refractivity contribution < 1.29 is 8.78 Å². The molecule has 5 heteroatoms. The molecule has 0 heterocycles. The lowest BCUT2D eigenvalue weighted by Gasteiger charge is -2.22. The molecule has 1 rings (SSSR count). The summed E-state index contributed by atoms with van der Waals surface area (Å²) in [6, 6.07) is 3.38. The molecule has 0 atom stereocenters. The van der Waals surface area contributed by atoms with Gasteiger partial charge in [-0.25, -0.2) is 13.8 Å². The summed E-state index contributed by atoms with van der Waals surface area (Å²) < 4.78 is 26.3. The van der Waals surface area contributed by atoms with Crippen molar-refractivity contribution in [3.63, 3.8) is 0 Å². The summed E-state index contributed by atoms with van der Waals surface area (Å²) in [5.41, 5.74) is 0.256. The van der Waals surface area contributed by atoms with E-state index in [0.717, 1.165) is 12.1 Å². The second-order valence-corrected chi connectivity index (χ2v) is 4.14. The van der Waals surface area contributed by atoms with Crippen LogP contribution in [0.1, 0.15) is 5.56 Å². The highest BCUT2D eigenvalue weighted by atomic mass is 19.1. The van der Waals surface area contributed by atoms with Crippen LogP contribution in [0.2, 0.25) is 0 Å². The van der Waals surface area contributed by atoms with Gasteiger partial charge in [-0.2, -0.15) is 0 Å². The van der Waals surface area contributed by atoms with E-state index in [0.29, 0.717) is 5.96 Å². The Kier molecular flexibility index (Phi) is 4.43. The van der Waals surface area contributed by atoms with Gasteiger partial charge in [0.25, 0.3) is 0 Å². The van der Waals surface area contributed by atoms with Gasteiger partial charge in [0.15, 0.2) is 5.96 Å². The molecule has 0 N–H and O–H groups in total. The quantitative estimate of drug-likeness (QED) is 0.582. The fourth-order valence-corrected chi connectivity index (χ4v) is 1.50. The highest BCUT2D eigenvalue weighted by Gasteiger charge is 2.06. The molecule has 0 aliphatic heterocycles. The maximum absolute atomic E-state index is 13.4. The van der Waals surface area contributed by atoms with Gasteiger partial charge in [0, 0.05) is 33.8 Å². The Bertz CT molecular complexity index is 404. The van der Waals surface area contributed by atoms with Crippen molar-refractivity contribution in [2.24, 2.45) is 4.99 Å². The average molecular weight is 241 g/mol. The number of hydrogen-bond donors (Lipinski definition) is 0. The van der Waals surface area contributed by atoms with Crippen LogP contribution in [0, 0.1) is 11.6 Å². The van der Waals surface area contributed by atoms with Crippen molar-refractivity contribution in [1.29, 1.82) is 0 Å². The second-order valence-electron chi connectivity index (χ2n) is 4.14. The molecule has 0 aliphatic rings. The summed E-state index contributed by atoms with van der Waals surface area (Å²) in [7, 11) is 7.39. The summed E-state index contributed by atoms with van der Waals surface area (Å²) in [5.74, 6) is -0.187. The van der Waals surface area contributed by atoms with Crippen LogP contribution in [0.3, 0.4) is 0 Å². The first-order chi connectivity index (χ1) is 7.91. The minimum Gasteiger partial charge on any atom is -0.349 e. The number of guanidine groups is 1. The minimum atomic E-state index is -0.451. The smallest absolute Gasteiger partial charge is 0.195 e. The molecule has 3 nitrogen and oxygen atoms in total. The van der Waals surface area contributed by atoms with Crippen molar-refractivity contribution in [3.8, 4) is 0 Å². The van der Waals surface area contributed by atoms with Crippen LogP contribution in [0.25, 0.3) is 0 Å². The number of hydrogen-bond acceptors (Lipinski definition) is 1. The maximum atomic E-state index is 13.4. The lowest BCUT2D eigenvalue weighted by Crippen LogP contribution is -2.35. The fraction of sp³-hybridized carbons (Fsp3) is 0.417. The Morgan fingerprint density at radius 2 is 1.71 bits per heavy atom. The van der Waals surface area contributed by atoms with E-state index in [4.69, 9.17) is 0 Å². The zero-order valence-corrected chi connectivity index (χ0v) is 10.5. The van der Waals surface area contributed by atoms with Gasteiger partial charge in [-0.1, -0.05) is 0 Å². The maximum Gasteiger partial charge on any atom is 0.195 e. The molecule has 0 amide bonds. The average Bonchev–Trinajstić information content (AvgIpc) is 2.22. The van der Waals surface area contributed by atoms with Gasteiger partial charge < -0.3 is 9.80 Å². The van der Waals surface area contributed by atoms with E-state index in [1.165, 1.54) is 6.07 Å². The van der Waals surface area contributed by atoms with E-state index < -0.39 is 11.6 Å². The van der Waals surface area contributed by atoms with E-state index in [1.54, 1.807) is 0 Å². The summed E-state index contributed by atoms with van der Waals surface area (Å²) in [6.07, 6.45) is 0. The van der Waals surface area contributed by atoms with Crippen LogP contribution in [0.15, 0.2) is 23.2 Å². The Morgan fingerprint density at radius 3 is 2.24 bits per heavy atom.